The lowest BCUT2D eigenvalue weighted by Crippen LogP contribution is -2.35. The van der Waals surface area contributed by atoms with Crippen LogP contribution in [0.1, 0.15) is 41.6 Å². The minimum atomic E-state index is -0.938. The van der Waals surface area contributed by atoms with Gasteiger partial charge in [-0.1, -0.05) is 6.07 Å². The fraction of sp³-hybridized carbons (Fsp3) is 0.333. The lowest BCUT2D eigenvalue weighted by molar-refractivity contribution is 0.0696. The molecule has 1 aromatic carbocycles. The summed E-state index contributed by atoms with van der Waals surface area (Å²) in [5.41, 5.74) is 3.45. The summed E-state index contributed by atoms with van der Waals surface area (Å²) >= 11 is 1.56. The van der Waals surface area contributed by atoms with Crippen molar-refractivity contribution in [3.63, 3.8) is 0 Å². The molecule has 4 rings (SSSR count). The molecule has 1 N–H and O–H groups in total. The second-order valence-electron chi connectivity index (χ2n) is 6.13. The van der Waals surface area contributed by atoms with Crippen molar-refractivity contribution in [2.75, 3.05) is 13.2 Å². The molecule has 0 unspecified atom stereocenters. The van der Waals surface area contributed by atoms with Crippen LogP contribution in [0.4, 0.5) is 0 Å². The van der Waals surface area contributed by atoms with Crippen molar-refractivity contribution >= 4 is 23.2 Å². The molecule has 0 aliphatic carbocycles. The Morgan fingerprint density at radius 1 is 1.12 bits per heavy atom. The van der Waals surface area contributed by atoms with E-state index in [1.807, 2.05) is 17.0 Å². The molecule has 2 aromatic rings. The second kappa shape index (κ2) is 6.03. The molecule has 24 heavy (non-hydrogen) atoms. The number of fused-ring (bicyclic) bond motifs is 2. The number of carboxylic acid groups (broad SMARTS) is 1. The fourth-order valence-electron chi connectivity index (χ4n) is 3.27. The summed E-state index contributed by atoms with van der Waals surface area (Å²) in [4.78, 5) is 27.8. The molecule has 124 valence electrons. The van der Waals surface area contributed by atoms with Crippen LogP contribution in [0.2, 0.25) is 0 Å². The van der Waals surface area contributed by atoms with E-state index < -0.39 is 5.97 Å². The maximum atomic E-state index is 12.8. The third kappa shape index (κ3) is 2.72. The molecular formula is C18H17NO4S. The van der Waals surface area contributed by atoms with Gasteiger partial charge in [-0.25, -0.2) is 4.79 Å². The van der Waals surface area contributed by atoms with E-state index in [2.05, 4.69) is 0 Å². The zero-order valence-electron chi connectivity index (χ0n) is 13.1. The van der Waals surface area contributed by atoms with E-state index >= 15 is 0 Å². The molecule has 0 atom stereocenters. The Morgan fingerprint density at radius 3 is 2.79 bits per heavy atom. The van der Waals surface area contributed by atoms with Crippen molar-refractivity contribution in [1.82, 2.24) is 4.90 Å². The van der Waals surface area contributed by atoms with Gasteiger partial charge in [-0.15, -0.1) is 11.3 Å². The van der Waals surface area contributed by atoms with Crippen LogP contribution in [0, 0.1) is 0 Å². The van der Waals surface area contributed by atoms with Crippen LogP contribution in [0.25, 0.3) is 0 Å². The molecule has 0 fully saturated rings. The number of amides is 1. The Kier molecular flexibility index (Phi) is 3.86. The molecule has 2 aliphatic heterocycles. The van der Waals surface area contributed by atoms with E-state index in [0.29, 0.717) is 19.7 Å². The number of nitrogens with zero attached hydrogens (tertiary/aromatic N) is 1. The molecule has 2 aliphatic rings. The number of hydrogen-bond donors (Lipinski definition) is 1. The second-order valence-corrected chi connectivity index (χ2v) is 7.26. The van der Waals surface area contributed by atoms with Gasteiger partial charge >= 0.3 is 5.97 Å². The number of thiophene rings is 1. The first-order valence-electron chi connectivity index (χ1n) is 7.95. The molecule has 0 radical (unpaired) electrons. The van der Waals surface area contributed by atoms with Crippen LogP contribution in [0.5, 0.6) is 0 Å². The molecule has 0 saturated heterocycles. The number of carboxylic acids is 1. The van der Waals surface area contributed by atoms with Gasteiger partial charge in [-0.2, -0.15) is 0 Å². The first-order valence-corrected chi connectivity index (χ1v) is 8.77. The van der Waals surface area contributed by atoms with Gasteiger partial charge in [0.2, 0.25) is 0 Å². The van der Waals surface area contributed by atoms with Crippen molar-refractivity contribution < 1.29 is 19.4 Å². The lowest BCUT2D eigenvalue weighted by atomic mass is 9.97. The molecule has 0 spiro atoms. The Hall–Kier alpha value is -2.18. The molecule has 6 heteroatoms. The molecule has 0 saturated carbocycles. The Morgan fingerprint density at radius 2 is 2.00 bits per heavy atom. The van der Waals surface area contributed by atoms with E-state index in [-0.39, 0.29) is 11.5 Å². The minimum Gasteiger partial charge on any atom is -0.478 e. The van der Waals surface area contributed by atoms with Crippen LogP contribution in [0.15, 0.2) is 24.3 Å². The van der Waals surface area contributed by atoms with Crippen LogP contribution in [-0.4, -0.2) is 35.0 Å². The average molecular weight is 343 g/mol. The third-order valence-corrected chi connectivity index (χ3v) is 5.82. The molecule has 1 aromatic heterocycles. The summed E-state index contributed by atoms with van der Waals surface area (Å²) in [6.07, 6.45) is 1.63. The summed E-state index contributed by atoms with van der Waals surface area (Å²) in [7, 11) is 0. The van der Waals surface area contributed by atoms with E-state index in [1.54, 1.807) is 23.5 Å². The zero-order chi connectivity index (χ0) is 16.7. The number of ether oxygens (including phenoxy) is 1. The van der Waals surface area contributed by atoms with Crippen LogP contribution in [0.3, 0.4) is 0 Å². The highest BCUT2D eigenvalue weighted by Crippen LogP contribution is 2.29. The third-order valence-electron chi connectivity index (χ3n) is 4.59. The van der Waals surface area contributed by atoms with Crippen LogP contribution < -0.4 is 0 Å². The van der Waals surface area contributed by atoms with Crippen LogP contribution in [-0.2, 0) is 30.7 Å². The van der Waals surface area contributed by atoms with Crippen molar-refractivity contribution in [1.29, 1.82) is 0 Å². The maximum Gasteiger partial charge on any atom is 0.335 e. The lowest BCUT2D eigenvalue weighted by Gasteiger charge is -2.28. The summed E-state index contributed by atoms with van der Waals surface area (Å²) in [5, 5.41) is 9.14. The van der Waals surface area contributed by atoms with Gasteiger partial charge in [0.25, 0.3) is 5.91 Å². The van der Waals surface area contributed by atoms with Crippen molar-refractivity contribution in [2.45, 2.75) is 26.0 Å². The van der Waals surface area contributed by atoms with Gasteiger partial charge in [0.05, 0.1) is 23.7 Å². The Bertz CT molecular complexity index is 803. The van der Waals surface area contributed by atoms with Gasteiger partial charge < -0.3 is 14.7 Å². The summed E-state index contributed by atoms with van der Waals surface area (Å²) in [6.45, 7) is 2.44. The number of carbonyl (C=O) groups excluding carboxylic acids is 1. The minimum absolute atomic E-state index is 0.0285. The summed E-state index contributed by atoms with van der Waals surface area (Å²) in [5.74, 6) is -0.909. The van der Waals surface area contributed by atoms with E-state index in [9.17, 15) is 9.59 Å². The highest BCUT2D eigenvalue weighted by molar-refractivity contribution is 7.14. The normalized spacial score (nSPS) is 16.4. The summed E-state index contributed by atoms with van der Waals surface area (Å²) in [6, 6.07) is 7.13. The fourth-order valence-corrected chi connectivity index (χ4v) is 4.39. The average Bonchev–Trinajstić information content (AvgIpc) is 3.04. The highest BCUT2D eigenvalue weighted by atomic mass is 32.1. The van der Waals surface area contributed by atoms with Gasteiger partial charge in [-0.05, 0) is 41.3 Å². The Labute approximate surface area is 143 Å². The van der Waals surface area contributed by atoms with Crippen molar-refractivity contribution in [2.24, 2.45) is 0 Å². The molecule has 5 nitrogen and oxygen atoms in total. The van der Waals surface area contributed by atoms with Gasteiger partial charge in [0.1, 0.15) is 0 Å². The number of carbonyl (C=O) groups is 2. The first-order chi connectivity index (χ1) is 11.6. The first kappa shape index (κ1) is 15.4. The standard InChI is InChI=1S/C18H17NO4S/c20-17(16-8-14-10-23-6-4-15(14)24-16)19-5-3-11-1-2-12(18(21)22)7-13(11)9-19/h1-2,7-8H,3-6,9-10H2,(H,21,22). The quantitative estimate of drug-likeness (QED) is 0.910. The van der Waals surface area contributed by atoms with Crippen molar-refractivity contribution in [3.05, 3.63) is 56.3 Å². The topological polar surface area (TPSA) is 66.8 Å². The zero-order valence-corrected chi connectivity index (χ0v) is 13.9. The van der Waals surface area contributed by atoms with Gasteiger partial charge in [0.15, 0.2) is 0 Å². The number of rotatable bonds is 2. The number of hydrogen-bond acceptors (Lipinski definition) is 4. The SMILES string of the molecule is O=C(O)c1ccc2c(c1)CN(C(=O)c1cc3c(s1)CCOC3)CC2. The predicted molar refractivity (Wildman–Crippen MR) is 89.5 cm³/mol. The molecular weight excluding hydrogens is 326 g/mol. The number of benzene rings is 1. The molecule has 3 heterocycles. The van der Waals surface area contributed by atoms with Gasteiger partial charge in [-0.3, -0.25) is 4.79 Å². The van der Waals surface area contributed by atoms with E-state index in [1.165, 1.54) is 4.88 Å². The molecule has 1 amide bonds. The number of aromatic carboxylic acids is 1. The summed E-state index contributed by atoms with van der Waals surface area (Å²) < 4.78 is 5.44. The van der Waals surface area contributed by atoms with Gasteiger partial charge in [0, 0.05) is 24.4 Å². The van der Waals surface area contributed by atoms with E-state index in [0.717, 1.165) is 41.0 Å². The predicted octanol–water partition coefficient (Wildman–Crippen LogP) is 2.72. The largest absolute Gasteiger partial charge is 0.478 e. The van der Waals surface area contributed by atoms with E-state index in [4.69, 9.17) is 9.84 Å². The molecule has 0 bridgehead atoms. The van der Waals surface area contributed by atoms with Crippen LogP contribution >= 0.6 is 11.3 Å². The Balaban J connectivity index is 1.57. The smallest absolute Gasteiger partial charge is 0.335 e. The highest BCUT2D eigenvalue weighted by Gasteiger charge is 2.25. The van der Waals surface area contributed by atoms with Crippen molar-refractivity contribution in [3.8, 4) is 0 Å². The monoisotopic (exact) mass is 343 g/mol. The maximum absolute atomic E-state index is 12.8.